The Morgan fingerprint density at radius 1 is 1.75 bits per heavy atom. The molecule has 0 aliphatic rings. The van der Waals surface area contributed by atoms with E-state index in [9.17, 15) is 9.36 Å². The molecule has 0 rings (SSSR count). The fourth-order valence-corrected chi connectivity index (χ4v) is 0.361. The van der Waals surface area contributed by atoms with Crippen molar-refractivity contribution in [1.82, 2.24) is 0 Å². The van der Waals surface area contributed by atoms with E-state index < -0.39 is 14.4 Å². The largest absolute Gasteiger partial charge is 0.473 e. The molecule has 0 aromatic rings. The van der Waals surface area contributed by atoms with E-state index in [0.717, 1.165) is 0 Å². The Labute approximate surface area is 47.4 Å². The second-order valence-electron chi connectivity index (χ2n) is 0.995. The summed E-state index contributed by atoms with van der Waals surface area (Å²) >= 11 is 0. The van der Waals surface area contributed by atoms with Crippen LogP contribution in [0.1, 0.15) is 0 Å². The van der Waals surface area contributed by atoms with E-state index in [1.807, 2.05) is 0 Å². The van der Waals surface area contributed by atoms with Crippen LogP contribution < -0.4 is 4.99 Å². The van der Waals surface area contributed by atoms with E-state index in [4.69, 9.17) is 5.11 Å². The van der Waals surface area contributed by atoms with Gasteiger partial charge in [-0.2, -0.15) is 0 Å². The van der Waals surface area contributed by atoms with Crippen LogP contribution in [0.25, 0.3) is 0 Å². The fraction of sp³-hybridized carbons (Fsp3) is 0.333. The molecule has 0 aliphatic heterocycles. The third-order valence-corrected chi connectivity index (χ3v) is 1.13. The average molecular weight is 134 g/mol. The molecule has 0 saturated carbocycles. The van der Waals surface area contributed by atoms with Gasteiger partial charge in [-0.25, -0.2) is 9.79 Å². The highest BCUT2D eigenvalue weighted by atomic mass is 31.1. The van der Waals surface area contributed by atoms with Gasteiger partial charge in [0.2, 0.25) is 0 Å². The smallest absolute Gasteiger partial charge is 0.409 e. The molecule has 5 heteroatoms. The van der Waals surface area contributed by atoms with Gasteiger partial charge in [0.15, 0.2) is 0 Å². The number of hydrogen-bond donors (Lipinski definition) is 2. The van der Waals surface area contributed by atoms with Crippen LogP contribution >= 0.6 is 8.46 Å². The van der Waals surface area contributed by atoms with E-state index in [0.29, 0.717) is 0 Å². The quantitative estimate of drug-likeness (QED) is 0.355. The lowest BCUT2D eigenvalue weighted by molar-refractivity contribution is -0.416. The summed E-state index contributed by atoms with van der Waals surface area (Å²) in [5.41, 5.74) is -0.231. The van der Waals surface area contributed by atoms with Crippen molar-refractivity contribution in [3.8, 4) is 0 Å². The van der Waals surface area contributed by atoms with Crippen LogP contribution in [0.2, 0.25) is 0 Å². The van der Waals surface area contributed by atoms with Crippen molar-refractivity contribution < 1.29 is 19.5 Å². The van der Waals surface area contributed by atoms with Crippen LogP contribution in [0.4, 0.5) is 0 Å². The van der Waals surface area contributed by atoms with Gasteiger partial charge >= 0.3 is 11.4 Å². The molecule has 0 aliphatic carbocycles. The summed E-state index contributed by atoms with van der Waals surface area (Å²) in [6.45, 7) is 0. The van der Waals surface area contributed by atoms with Crippen molar-refractivity contribution >= 4 is 19.9 Å². The van der Waals surface area contributed by atoms with Crippen LogP contribution in [-0.4, -0.2) is 23.6 Å². The fourth-order valence-electron chi connectivity index (χ4n) is 0.192. The normalized spacial score (nSPS) is 11.9. The molecular weight excluding hydrogens is 129 g/mol. The summed E-state index contributed by atoms with van der Waals surface area (Å²) in [5.74, 6) is -1.19. The highest BCUT2D eigenvalue weighted by Gasteiger charge is 2.13. The lowest BCUT2D eigenvalue weighted by atomic mass is 10.7. The first-order valence-corrected chi connectivity index (χ1v) is 2.65. The van der Waals surface area contributed by atoms with Crippen molar-refractivity contribution in [2.75, 3.05) is 7.05 Å². The van der Waals surface area contributed by atoms with Crippen molar-refractivity contribution in [3.05, 3.63) is 0 Å². The number of carboxylic acid groups (broad SMARTS) is 1. The second kappa shape index (κ2) is 3.27. The third kappa shape index (κ3) is 1.80. The van der Waals surface area contributed by atoms with Crippen molar-refractivity contribution in [2.45, 2.75) is 0 Å². The number of aliphatic carboxylic acids is 1. The minimum absolute atomic E-state index is 0.231. The monoisotopic (exact) mass is 134 g/mol. The molecule has 0 radical (unpaired) electrons. The van der Waals surface area contributed by atoms with E-state index >= 15 is 0 Å². The van der Waals surface area contributed by atoms with E-state index in [1.165, 1.54) is 7.05 Å². The van der Waals surface area contributed by atoms with Crippen LogP contribution in [0, 0.1) is 0 Å². The van der Waals surface area contributed by atoms with Gasteiger partial charge in [0.1, 0.15) is 7.05 Å². The highest BCUT2D eigenvalue weighted by Crippen LogP contribution is 1.88. The maximum absolute atomic E-state index is 9.86. The van der Waals surface area contributed by atoms with Crippen molar-refractivity contribution in [2.24, 2.45) is 0 Å². The van der Waals surface area contributed by atoms with Crippen LogP contribution in [-0.2, 0) is 9.36 Å². The summed E-state index contributed by atoms with van der Waals surface area (Å²) in [6.07, 6.45) is 0. The lowest BCUT2D eigenvalue weighted by Gasteiger charge is -1.74. The summed E-state index contributed by atoms with van der Waals surface area (Å²) < 4.78 is 9.79. The Hall–Kier alpha value is -0.760. The molecular formula is C3H5NO3P+. The standard InChI is InChI=1S/C3H4NO3P/c1-4-2(8-7)3(5)6/h1H3,(H,5,6)/p+1. The molecule has 0 saturated heterocycles. The molecule has 0 fully saturated rings. The zero-order valence-electron chi connectivity index (χ0n) is 4.21. The molecule has 0 heterocycles. The molecule has 0 aromatic carbocycles. The van der Waals surface area contributed by atoms with Gasteiger partial charge in [0.25, 0.3) is 8.46 Å². The summed E-state index contributed by atoms with van der Waals surface area (Å²) in [4.78, 5) is 12.1. The number of hydrogen-bond acceptors (Lipinski definition) is 2. The molecule has 4 nitrogen and oxygen atoms in total. The van der Waals surface area contributed by atoms with Crippen molar-refractivity contribution in [3.63, 3.8) is 0 Å². The van der Waals surface area contributed by atoms with Crippen LogP contribution in [0.5, 0.6) is 0 Å². The first-order chi connectivity index (χ1) is 3.72. The van der Waals surface area contributed by atoms with Gasteiger partial charge in [0, 0.05) is 0 Å². The minimum atomic E-state index is -1.19. The van der Waals surface area contributed by atoms with Gasteiger partial charge in [-0.05, 0) is 0 Å². The zero-order chi connectivity index (χ0) is 6.57. The van der Waals surface area contributed by atoms with Crippen LogP contribution in [0.15, 0.2) is 0 Å². The predicted octanol–water partition coefficient (Wildman–Crippen LogP) is -1.53. The first kappa shape index (κ1) is 7.24. The van der Waals surface area contributed by atoms with Gasteiger partial charge in [-0.3, -0.25) is 4.57 Å². The Morgan fingerprint density at radius 2 is 2.25 bits per heavy atom. The lowest BCUT2D eigenvalue weighted by Crippen LogP contribution is -2.68. The second-order valence-corrected chi connectivity index (χ2v) is 1.62. The molecule has 8 heavy (non-hydrogen) atoms. The molecule has 0 amide bonds. The predicted molar refractivity (Wildman–Crippen MR) is 27.1 cm³/mol. The molecule has 0 spiro atoms. The number of carbonyl (C=O) groups is 1. The van der Waals surface area contributed by atoms with Gasteiger partial charge in [-0.1, -0.05) is 0 Å². The van der Waals surface area contributed by atoms with Crippen molar-refractivity contribution in [1.29, 1.82) is 0 Å². The molecule has 0 aromatic heterocycles. The number of carboxylic acids is 1. The topological polar surface area (TPSA) is 68.3 Å². The zero-order valence-corrected chi connectivity index (χ0v) is 5.11. The Kier molecular flexibility index (Phi) is 2.96. The number of nitrogens with one attached hydrogen (secondary N) is 1. The molecule has 2 N–H and O–H groups in total. The highest BCUT2D eigenvalue weighted by molar-refractivity contribution is 7.50. The third-order valence-electron chi connectivity index (χ3n) is 0.531. The maximum Gasteiger partial charge on any atom is 0.409 e. The molecule has 44 valence electrons. The summed E-state index contributed by atoms with van der Waals surface area (Å²) in [7, 11) is 0.907. The van der Waals surface area contributed by atoms with E-state index in [2.05, 4.69) is 4.99 Å². The van der Waals surface area contributed by atoms with Crippen LogP contribution in [0.3, 0.4) is 0 Å². The van der Waals surface area contributed by atoms with E-state index in [-0.39, 0.29) is 5.45 Å². The molecule has 0 atom stereocenters. The SMILES string of the molecule is C[NH+]=C(P=O)C(=O)O. The summed E-state index contributed by atoms with van der Waals surface area (Å²) in [6, 6.07) is 0. The first-order valence-electron chi connectivity index (χ1n) is 1.83. The van der Waals surface area contributed by atoms with Gasteiger partial charge in [0.05, 0.1) is 0 Å². The Bertz CT molecular complexity index is 141. The number of rotatable bonds is 2. The van der Waals surface area contributed by atoms with E-state index in [1.54, 1.807) is 0 Å². The molecule has 0 bridgehead atoms. The Morgan fingerprint density at radius 3 is 2.25 bits per heavy atom. The maximum atomic E-state index is 9.86. The summed E-state index contributed by atoms with van der Waals surface area (Å²) in [5, 5.41) is 8.07. The average Bonchev–Trinajstić information content (AvgIpc) is 1.69. The Balaban J connectivity index is 4.13. The van der Waals surface area contributed by atoms with Gasteiger partial charge < -0.3 is 5.11 Å². The van der Waals surface area contributed by atoms with Gasteiger partial charge in [-0.15, -0.1) is 0 Å². The molecule has 0 unspecified atom stereocenters. The minimum Gasteiger partial charge on any atom is -0.473 e.